The highest BCUT2D eigenvalue weighted by Crippen LogP contribution is 2.23. The zero-order valence-corrected chi connectivity index (χ0v) is 14.1. The molecule has 3 rings (SSSR count). The van der Waals surface area contributed by atoms with Crippen LogP contribution in [0.3, 0.4) is 0 Å². The molecule has 0 saturated carbocycles. The lowest BCUT2D eigenvalue weighted by molar-refractivity contribution is 0.352. The predicted octanol–water partition coefficient (Wildman–Crippen LogP) is 2.52. The minimum absolute atomic E-state index is 0.00112. The van der Waals surface area contributed by atoms with E-state index in [0.717, 1.165) is 43.4 Å². The molecule has 0 amide bonds. The molecule has 0 aromatic carbocycles. The molecule has 0 aliphatic carbocycles. The van der Waals surface area contributed by atoms with E-state index in [1.807, 2.05) is 18.3 Å². The molecule has 0 radical (unpaired) electrons. The number of oxazole rings is 1. The molecule has 1 unspecified atom stereocenters. The number of nitrogens with zero attached hydrogens (tertiary/aromatic N) is 4. The second kappa shape index (κ2) is 6.66. The number of aromatic nitrogens is 3. The Balaban J connectivity index is 1.55. The van der Waals surface area contributed by atoms with Gasteiger partial charge in [-0.1, -0.05) is 20.8 Å². The Kier molecular flexibility index (Phi) is 4.61. The summed E-state index contributed by atoms with van der Waals surface area (Å²) in [6, 6.07) is 4.36. The molecule has 0 bridgehead atoms. The van der Waals surface area contributed by atoms with Crippen molar-refractivity contribution >= 4 is 5.82 Å². The molecule has 124 valence electrons. The van der Waals surface area contributed by atoms with Gasteiger partial charge in [0.25, 0.3) is 0 Å². The van der Waals surface area contributed by atoms with Crippen LogP contribution in [0.5, 0.6) is 0 Å². The van der Waals surface area contributed by atoms with E-state index in [1.54, 1.807) is 6.20 Å². The van der Waals surface area contributed by atoms with Crippen molar-refractivity contribution in [1.29, 1.82) is 0 Å². The van der Waals surface area contributed by atoms with E-state index in [1.165, 1.54) is 0 Å². The third kappa shape index (κ3) is 4.07. The van der Waals surface area contributed by atoms with Crippen molar-refractivity contribution in [3.8, 4) is 0 Å². The summed E-state index contributed by atoms with van der Waals surface area (Å²) in [7, 11) is 0. The van der Waals surface area contributed by atoms with Gasteiger partial charge < -0.3 is 14.6 Å². The van der Waals surface area contributed by atoms with E-state index < -0.39 is 0 Å². The fraction of sp³-hybridized carbons (Fsp3) is 0.588. The van der Waals surface area contributed by atoms with Crippen LogP contribution in [0.2, 0.25) is 0 Å². The summed E-state index contributed by atoms with van der Waals surface area (Å²) in [5, 5.41) is 11.7. The van der Waals surface area contributed by atoms with Gasteiger partial charge in [0.05, 0.1) is 12.7 Å². The molecule has 2 aromatic rings. The van der Waals surface area contributed by atoms with Crippen LogP contribution in [0.25, 0.3) is 0 Å². The number of rotatable bonds is 4. The SMILES string of the molecule is CC(C)(C)c1cnc(CNC2CCCN(c3cccnn3)C2)o1. The summed E-state index contributed by atoms with van der Waals surface area (Å²) >= 11 is 0. The van der Waals surface area contributed by atoms with Crippen molar-refractivity contribution in [3.05, 3.63) is 36.2 Å². The highest BCUT2D eigenvalue weighted by atomic mass is 16.4. The topological polar surface area (TPSA) is 67.1 Å². The van der Waals surface area contributed by atoms with Crippen molar-refractivity contribution in [2.24, 2.45) is 0 Å². The van der Waals surface area contributed by atoms with E-state index in [2.05, 4.69) is 46.2 Å². The van der Waals surface area contributed by atoms with Crippen LogP contribution in [-0.4, -0.2) is 34.3 Å². The Morgan fingerprint density at radius 2 is 2.26 bits per heavy atom. The molecule has 1 aliphatic heterocycles. The normalized spacial score (nSPS) is 19.1. The standard InChI is InChI=1S/C17H25N5O/c1-17(2,3)14-10-19-16(23-14)11-18-13-6-5-9-22(12-13)15-7-4-8-20-21-15/h4,7-8,10,13,18H,5-6,9,11-12H2,1-3H3. The van der Waals surface area contributed by atoms with E-state index in [-0.39, 0.29) is 5.41 Å². The second-order valence-corrected chi connectivity index (χ2v) is 7.12. The lowest BCUT2D eigenvalue weighted by Gasteiger charge is -2.33. The molecule has 3 heterocycles. The lowest BCUT2D eigenvalue weighted by Crippen LogP contribution is -2.45. The van der Waals surface area contributed by atoms with Crippen LogP contribution in [0.1, 0.15) is 45.3 Å². The fourth-order valence-electron chi connectivity index (χ4n) is 2.78. The van der Waals surface area contributed by atoms with Gasteiger partial charge in [0.15, 0.2) is 5.82 Å². The number of piperidine rings is 1. The van der Waals surface area contributed by atoms with E-state index in [4.69, 9.17) is 4.42 Å². The third-order valence-electron chi connectivity index (χ3n) is 4.14. The zero-order chi connectivity index (χ0) is 16.3. The quantitative estimate of drug-likeness (QED) is 0.935. The average Bonchev–Trinajstić information content (AvgIpc) is 3.03. The van der Waals surface area contributed by atoms with Crippen molar-refractivity contribution in [2.75, 3.05) is 18.0 Å². The van der Waals surface area contributed by atoms with Crippen LogP contribution < -0.4 is 10.2 Å². The van der Waals surface area contributed by atoms with Gasteiger partial charge in [-0.15, -0.1) is 5.10 Å². The van der Waals surface area contributed by atoms with E-state index in [0.29, 0.717) is 12.6 Å². The average molecular weight is 315 g/mol. The molecule has 1 atom stereocenters. The van der Waals surface area contributed by atoms with Crippen LogP contribution in [0.15, 0.2) is 28.9 Å². The Hall–Kier alpha value is -1.95. The molecule has 0 spiro atoms. The van der Waals surface area contributed by atoms with Gasteiger partial charge in [-0.3, -0.25) is 0 Å². The predicted molar refractivity (Wildman–Crippen MR) is 89.3 cm³/mol. The summed E-state index contributed by atoms with van der Waals surface area (Å²) in [5.74, 6) is 2.64. The maximum absolute atomic E-state index is 5.84. The molecular weight excluding hydrogens is 290 g/mol. The van der Waals surface area contributed by atoms with Crippen LogP contribution in [-0.2, 0) is 12.0 Å². The first-order valence-electron chi connectivity index (χ1n) is 8.23. The molecule has 1 aliphatic rings. The monoisotopic (exact) mass is 315 g/mol. The van der Waals surface area contributed by atoms with Gasteiger partial charge in [-0.2, -0.15) is 5.10 Å². The molecule has 1 N–H and O–H groups in total. The van der Waals surface area contributed by atoms with Gasteiger partial charge in [0.2, 0.25) is 5.89 Å². The van der Waals surface area contributed by atoms with Gasteiger partial charge in [-0.05, 0) is 25.0 Å². The lowest BCUT2D eigenvalue weighted by atomic mass is 9.94. The van der Waals surface area contributed by atoms with Crippen molar-refractivity contribution < 1.29 is 4.42 Å². The number of hydrogen-bond donors (Lipinski definition) is 1. The summed E-state index contributed by atoms with van der Waals surface area (Å²) in [6.45, 7) is 9.02. The number of nitrogens with one attached hydrogen (secondary N) is 1. The number of anilines is 1. The van der Waals surface area contributed by atoms with Crippen molar-refractivity contribution in [1.82, 2.24) is 20.5 Å². The largest absolute Gasteiger partial charge is 0.444 e. The highest BCUT2D eigenvalue weighted by molar-refractivity contribution is 5.37. The summed E-state index contributed by atoms with van der Waals surface area (Å²) in [6.07, 6.45) is 5.85. The minimum Gasteiger partial charge on any atom is -0.444 e. The smallest absolute Gasteiger partial charge is 0.208 e. The van der Waals surface area contributed by atoms with Crippen molar-refractivity contribution in [2.45, 2.75) is 51.6 Å². The van der Waals surface area contributed by atoms with E-state index >= 15 is 0 Å². The summed E-state index contributed by atoms with van der Waals surface area (Å²) < 4.78 is 5.84. The minimum atomic E-state index is -0.00112. The van der Waals surface area contributed by atoms with Gasteiger partial charge in [0.1, 0.15) is 5.76 Å². The summed E-state index contributed by atoms with van der Waals surface area (Å²) in [5.41, 5.74) is -0.00112. The Morgan fingerprint density at radius 1 is 1.39 bits per heavy atom. The molecule has 6 nitrogen and oxygen atoms in total. The zero-order valence-electron chi connectivity index (χ0n) is 14.1. The molecule has 1 fully saturated rings. The first kappa shape index (κ1) is 15.9. The summed E-state index contributed by atoms with van der Waals surface area (Å²) in [4.78, 5) is 6.66. The van der Waals surface area contributed by atoms with Crippen LogP contribution in [0.4, 0.5) is 5.82 Å². The maximum atomic E-state index is 5.84. The van der Waals surface area contributed by atoms with Crippen molar-refractivity contribution in [3.63, 3.8) is 0 Å². The van der Waals surface area contributed by atoms with Gasteiger partial charge in [-0.25, -0.2) is 4.98 Å². The van der Waals surface area contributed by atoms with Gasteiger partial charge >= 0.3 is 0 Å². The van der Waals surface area contributed by atoms with Crippen LogP contribution >= 0.6 is 0 Å². The fourth-order valence-corrected chi connectivity index (χ4v) is 2.78. The van der Waals surface area contributed by atoms with E-state index in [9.17, 15) is 0 Å². The molecule has 1 saturated heterocycles. The maximum Gasteiger partial charge on any atom is 0.208 e. The third-order valence-corrected chi connectivity index (χ3v) is 4.14. The second-order valence-electron chi connectivity index (χ2n) is 7.12. The molecule has 2 aromatic heterocycles. The Bertz CT molecular complexity index is 619. The Morgan fingerprint density at radius 3 is 2.96 bits per heavy atom. The van der Waals surface area contributed by atoms with Gasteiger partial charge in [0, 0.05) is 30.7 Å². The first-order valence-corrected chi connectivity index (χ1v) is 8.23. The Labute approximate surface area is 137 Å². The molecular formula is C17H25N5O. The van der Waals surface area contributed by atoms with Crippen LogP contribution in [0, 0.1) is 0 Å². The highest BCUT2D eigenvalue weighted by Gasteiger charge is 2.22. The number of hydrogen-bond acceptors (Lipinski definition) is 6. The molecule has 23 heavy (non-hydrogen) atoms. The molecule has 6 heteroatoms. The first-order chi connectivity index (χ1) is 11.0.